The van der Waals surface area contributed by atoms with Crippen molar-refractivity contribution in [3.63, 3.8) is 0 Å². The molecule has 0 bridgehead atoms. The van der Waals surface area contributed by atoms with Crippen molar-refractivity contribution in [3.05, 3.63) is 27.1 Å². The Morgan fingerprint density at radius 2 is 2.00 bits per heavy atom. The van der Waals surface area contributed by atoms with Crippen LogP contribution in [0.2, 0.25) is 0 Å². The maximum Gasteiger partial charge on any atom is 0.125 e. The molecule has 1 aromatic rings. The molecule has 9 heavy (non-hydrogen) atoms. The van der Waals surface area contributed by atoms with Crippen LogP contribution >= 0.6 is 31.9 Å². The van der Waals surface area contributed by atoms with Crippen molar-refractivity contribution in [1.82, 2.24) is 0 Å². The monoisotopic (exact) mass is 248 g/mol. The van der Waals surface area contributed by atoms with Crippen molar-refractivity contribution in [3.8, 4) is 5.75 Å². The minimum Gasteiger partial charge on any atom is -0.507 e. The van der Waals surface area contributed by atoms with Crippen LogP contribution in [0.1, 0.15) is 0 Å². The highest BCUT2D eigenvalue weighted by Gasteiger charge is 1.95. The van der Waals surface area contributed by atoms with Gasteiger partial charge in [-0.05, 0) is 37.9 Å². The Balaban J connectivity index is 3.17. The Kier molecular flexibility index (Phi) is 2.13. The predicted molar refractivity (Wildman–Crippen MR) is 41.2 cm³/mol. The van der Waals surface area contributed by atoms with E-state index in [2.05, 4.69) is 44.0 Å². The maximum absolute atomic E-state index is 8.80. The normalized spacial score (nSPS) is 9.56. The van der Waals surface area contributed by atoms with E-state index in [9.17, 15) is 0 Å². The lowest BCUT2D eigenvalue weighted by molar-refractivity contribution is 0.473. The average Bonchev–Trinajstić information content (AvgIpc) is 1.80. The quantitative estimate of drug-likeness (QED) is 0.749. The average molecular weight is 250 g/mol. The molecule has 1 N–H and O–H groups in total. The van der Waals surface area contributed by atoms with Gasteiger partial charge in [0, 0.05) is 21.1 Å². The third-order valence-electron chi connectivity index (χ3n) is 0.766. The van der Waals surface area contributed by atoms with Crippen molar-refractivity contribution in [2.24, 2.45) is 0 Å². The molecule has 0 aliphatic heterocycles. The van der Waals surface area contributed by atoms with Crippen molar-refractivity contribution in [2.75, 3.05) is 0 Å². The van der Waals surface area contributed by atoms with Crippen LogP contribution in [-0.4, -0.2) is 5.11 Å². The number of hydrogen-bond donors (Lipinski definition) is 1. The summed E-state index contributed by atoms with van der Waals surface area (Å²) in [6, 6.07) is 6.83. The summed E-state index contributed by atoms with van der Waals surface area (Å²) in [5.74, 6) is 0.0880. The van der Waals surface area contributed by atoms with Gasteiger partial charge in [-0.2, -0.15) is 0 Å². The van der Waals surface area contributed by atoms with E-state index in [0.717, 1.165) is 4.47 Å². The summed E-state index contributed by atoms with van der Waals surface area (Å²) in [5.41, 5.74) is 0. The number of hydrogen-bond acceptors (Lipinski definition) is 1. The van der Waals surface area contributed by atoms with Crippen LogP contribution in [-0.2, 0) is 0 Å². The number of phenolic OH excluding ortho intramolecular Hbond substituents is 1. The van der Waals surface area contributed by atoms with Crippen LogP contribution in [0, 0.1) is 12.1 Å². The third-order valence-corrected chi connectivity index (χ3v) is 2.52. The molecule has 0 atom stereocenters. The predicted octanol–water partition coefficient (Wildman–Crippen LogP) is 2.52. The lowest BCUT2D eigenvalue weighted by Crippen LogP contribution is -1.69. The van der Waals surface area contributed by atoms with E-state index in [1.165, 1.54) is 6.07 Å². The Hall–Kier alpha value is -0.0200. The number of aromatic hydroxyl groups is 1. The highest BCUT2D eigenvalue weighted by atomic mass is 79.9. The lowest BCUT2D eigenvalue weighted by atomic mass is 10.3. The highest BCUT2D eigenvalue weighted by Crippen LogP contribution is 2.24. The summed E-state index contributed by atoms with van der Waals surface area (Å²) in [4.78, 5) is 0. The van der Waals surface area contributed by atoms with Crippen molar-refractivity contribution in [2.45, 2.75) is 0 Å². The fraction of sp³-hybridized carbons (Fsp3) is 0. The number of phenols is 1. The van der Waals surface area contributed by atoms with Gasteiger partial charge in [0.2, 0.25) is 0 Å². The third kappa shape index (κ3) is 1.69. The van der Waals surface area contributed by atoms with E-state index < -0.39 is 0 Å². The SMILES string of the molecule is Oc1[c]c(Br)c(Br)[c]c1. The fourth-order valence-electron chi connectivity index (χ4n) is 0.398. The zero-order valence-electron chi connectivity index (χ0n) is 4.28. The van der Waals surface area contributed by atoms with Gasteiger partial charge in [0.25, 0.3) is 0 Å². The molecule has 0 fully saturated rings. The van der Waals surface area contributed by atoms with E-state index >= 15 is 0 Å². The van der Waals surface area contributed by atoms with Gasteiger partial charge in [-0.3, -0.25) is 0 Å². The van der Waals surface area contributed by atoms with Crippen LogP contribution < -0.4 is 0 Å². The first-order chi connectivity index (χ1) is 4.20. The Morgan fingerprint density at radius 1 is 1.33 bits per heavy atom. The first-order valence-electron chi connectivity index (χ1n) is 2.18. The van der Waals surface area contributed by atoms with Gasteiger partial charge in [-0.1, -0.05) is 0 Å². The molecule has 0 aliphatic rings. The summed E-state index contributed by atoms with van der Waals surface area (Å²) in [5, 5.41) is 8.80. The molecule has 0 amide bonds. The van der Waals surface area contributed by atoms with E-state index in [4.69, 9.17) is 5.11 Å². The molecule has 0 spiro atoms. The Labute approximate surface area is 70.0 Å². The molecule has 1 nitrogen and oxygen atoms in total. The van der Waals surface area contributed by atoms with Gasteiger partial charge < -0.3 is 5.11 Å². The molecule has 0 aromatic heterocycles. The molecular formula is C6H2Br2O. The van der Waals surface area contributed by atoms with Gasteiger partial charge in [-0.15, -0.1) is 0 Å². The first kappa shape index (κ1) is 7.09. The zero-order chi connectivity index (χ0) is 6.85. The summed E-state index contributed by atoms with van der Waals surface area (Å²) in [7, 11) is 0. The molecule has 0 saturated heterocycles. The summed E-state index contributed by atoms with van der Waals surface area (Å²) in [6.07, 6.45) is 0. The standard InChI is InChI=1S/C6H2Br2O/c7-5-2-1-4(9)3-6(5)8/h1,9H. The van der Waals surface area contributed by atoms with Crippen molar-refractivity contribution < 1.29 is 5.11 Å². The zero-order valence-corrected chi connectivity index (χ0v) is 7.45. The van der Waals surface area contributed by atoms with Gasteiger partial charge in [0.05, 0.1) is 0 Å². The largest absolute Gasteiger partial charge is 0.507 e. The van der Waals surface area contributed by atoms with Crippen molar-refractivity contribution in [1.29, 1.82) is 0 Å². The molecule has 2 radical (unpaired) electrons. The lowest BCUT2D eigenvalue weighted by Gasteiger charge is -1.92. The van der Waals surface area contributed by atoms with Crippen LogP contribution in [0.3, 0.4) is 0 Å². The van der Waals surface area contributed by atoms with Gasteiger partial charge in [-0.25, -0.2) is 0 Å². The van der Waals surface area contributed by atoms with Gasteiger partial charge in [0.15, 0.2) is 0 Å². The fourth-order valence-corrected chi connectivity index (χ4v) is 0.930. The van der Waals surface area contributed by atoms with E-state index in [-0.39, 0.29) is 5.75 Å². The molecule has 0 unspecified atom stereocenters. The molecule has 46 valence electrons. The summed E-state index contributed by atoms with van der Waals surface area (Å²) < 4.78 is 1.45. The Morgan fingerprint density at radius 3 is 2.44 bits per heavy atom. The molecule has 0 aliphatic carbocycles. The summed E-state index contributed by atoms with van der Waals surface area (Å²) >= 11 is 6.34. The van der Waals surface area contributed by atoms with E-state index in [0.29, 0.717) is 4.47 Å². The molecule has 0 saturated carbocycles. The minimum atomic E-state index is 0.0880. The van der Waals surface area contributed by atoms with E-state index in [1.807, 2.05) is 0 Å². The number of benzene rings is 1. The minimum absolute atomic E-state index is 0.0880. The topological polar surface area (TPSA) is 20.2 Å². The van der Waals surface area contributed by atoms with Gasteiger partial charge >= 0.3 is 0 Å². The van der Waals surface area contributed by atoms with Gasteiger partial charge in [0.1, 0.15) is 5.75 Å². The summed E-state index contributed by atoms with van der Waals surface area (Å²) in [6.45, 7) is 0. The molecule has 3 heteroatoms. The van der Waals surface area contributed by atoms with Crippen LogP contribution in [0.5, 0.6) is 5.75 Å². The molecular weight excluding hydrogens is 248 g/mol. The second-order valence-corrected chi connectivity index (χ2v) is 3.01. The van der Waals surface area contributed by atoms with Crippen LogP contribution in [0.25, 0.3) is 0 Å². The molecule has 1 rings (SSSR count). The smallest absolute Gasteiger partial charge is 0.125 e. The van der Waals surface area contributed by atoms with Crippen LogP contribution in [0.4, 0.5) is 0 Å². The van der Waals surface area contributed by atoms with Crippen LogP contribution in [0.15, 0.2) is 15.0 Å². The molecule has 1 aromatic carbocycles. The Bertz CT molecular complexity index is 222. The maximum atomic E-state index is 8.80. The molecule has 0 heterocycles. The first-order valence-corrected chi connectivity index (χ1v) is 3.76. The second kappa shape index (κ2) is 2.71. The van der Waals surface area contributed by atoms with Crippen molar-refractivity contribution >= 4 is 31.9 Å². The highest BCUT2D eigenvalue weighted by molar-refractivity contribution is 9.13. The second-order valence-electron chi connectivity index (χ2n) is 1.43. The number of halogens is 2. The van der Waals surface area contributed by atoms with E-state index in [1.54, 1.807) is 0 Å². The number of rotatable bonds is 0.